The molecule has 0 radical (unpaired) electrons. The highest BCUT2D eigenvalue weighted by Gasteiger charge is 2.18. The van der Waals surface area contributed by atoms with E-state index in [1.807, 2.05) is 31.2 Å². The number of amides is 1. The third-order valence-electron chi connectivity index (χ3n) is 3.06. The summed E-state index contributed by atoms with van der Waals surface area (Å²) in [6.07, 6.45) is 1.66. The van der Waals surface area contributed by atoms with E-state index in [2.05, 4.69) is 10.3 Å². The summed E-state index contributed by atoms with van der Waals surface area (Å²) >= 11 is 7.41. The van der Waals surface area contributed by atoms with Gasteiger partial charge in [-0.3, -0.25) is 9.78 Å². The van der Waals surface area contributed by atoms with Crippen LogP contribution in [0, 0.1) is 6.92 Å². The van der Waals surface area contributed by atoms with Gasteiger partial charge in [-0.25, -0.2) is 0 Å². The van der Waals surface area contributed by atoms with Gasteiger partial charge in [0.1, 0.15) is 10.4 Å². The zero-order valence-electron chi connectivity index (χ0n) is 11.2. The average molecular weight is 318 g/mol. The summed E-state index contributed by atoms with van der Waals surface area (Å²) in [4.78, 5) is 17.0. The third-order valence-corrected chi connectivity index (χ3v) is 4.55. The van der Waals surface area contributed by atoms with Gasteiger partial charge in [0.05, 0.1) is 21.1 Å². The Morgan fingerprint density at radius 2 is 2.19 bits per heavy atom. The zero-order valence-corrected chi connectivity index (χ0v) is 12.8. The number of anilines is 2. The predicted octanol–water partition coefficient (Wildman–Crippen LogP) is 4.09. The lowest BCUT2D eigenvalue weighted by molar-refractivity contribution is 0.103. The number of nitrogens with zero attached hydrogens (tertiary/aromatic N) is 1. The lowest BCUT2D eigenvalue weighted by Gasteiger charge is -2.07. The van der Waals surface area contributed by atoms with Crippen molar-refractivity contribution >= 4 is 50.4 Å². The van der Waals surface area contributed by atoms with Crippen molar-refractivity contribution < 1.29 is 4.79 Å². The average Bonchev–Trinajstić information content (AvgIpc) is 2.81. The lowest BCUT2D eigenvalue weighted by Crippen LogP contribution is -2.12. The fraction of sp³-hybridized carbons (Fsp3) is 0.0667. The Kier molecular flexibility index (Phi) is 3.53. The molecule has 3 aromatic rings. The van der Waals surface area contributed by atoms with Crippen LogP contribution in [0.25, 0.3) is 10.2 Å². The topological polar surface area (TPSA) is 68.0 Å². The molecule has 0 saturated carbocycles. The van der Waals surface area contributed by atoms with E-state index in [1.54, 1.807) is 12.3 Å². The van der Waals surface area contributed by atoms with Gasteiger partial charge in [0.25, 0.3) is 5.91 Å². The number of fused-ring (bicyclic) bond motifs is 1. The highest BCUT2D eigenvalue weighted by atomic mass is 35.5. The van der Waals surface area contributed by atoms with E-state index >= 15 is 0 Å². The first-order valence-electron chi connectivity index (χ1n) is 6.27. The Morgan fingerprint density at radius 3 is 2.95 bits per heavy atom. The number of hydrogen-bond acceptors (Lipinski definition) is 4. The van der Waals surface area contributed by atoms with Gasteiger partial charge >= 0.3 is 0 Å². The Hall–Kier alpha value is -2.11. The van der Waals surface area contributed by atoms with E-state index in [-0.39, 0.29) is 5.91 Å². The monoisotopic (exact) mass is 317 g/mol. The maximum atomic E-state index is 12.4. The molecule has 2 aromatic heterocycles. The molecule has 2 heterocycles. The molecule has 0 bridgehead atoms. The van der Waals surface area contributed by atoms with Crippen molar-refractivity contribution in [2.45, 2.75) is 6.92 Å². The maximum absolute atomic E-state index is 12.4. The summed E-state index contributed by atoms with van der Waals surface area (Å²) in [5, 5.41) is 3.29. The van der Waals surface area contributed by atoms with Gasteiger partial charge in [0.2, 0.25) is 0 Å². The summed E-state index contributed by atoms with van der Waals surface area (Å²) in [6.45, 7) is 1.93. The molecule has 1 aromatic carbocycles. The number of nitrogen functional groups attached to an aromatic ring is 1. The first-order valence-corrected chi connectivity index (χ1v) is 7.46. The van der Waals surface area contributed by atoms with Crippen LogP contribution in [-0.4, -0.2) is 10.9 Å². The summed E-state index contributed by atoms with van der Waals surface area (Å²) in [5.74, 6) is -0.275. The number of thiophene rings is 1. The minimum absolute atomic E-state index is 0.275. The molecule has 1 amide bonds. The van der Waals surface area contributed by atoms with Crippen molar-refractivity contribution in [3.63, 3.8) is 0 Å². The van der Waals surface area contributed by atoms with Gasteiger partial charge in [-0.2, -0.15) is 0 Å². The number of carbonyl (C=O) groups excluding carboxylic acids is 1. The normalized spacial score (nSPS) is 10.8. The number of benzene rings is 1. The van der Waals surface area contributed by atoms with Crippen molar-refractivity contribution in [1.29, 1.82) is 0 Å². The van der Waals surface area contributed by atoms with Crippen LogP contribution in [0.1, 0.15) is 15.2 Å². The van der Waals surface area contributed by atoms with Crippen LogP contribution in [0.5, 0.6) is 0 Å². The molecule has 0 aliphatic rings. The van der Waals surface area contributed by atoms with E-state index in [4.69, 9.17) is 17.3 Å². The molecule has 3 rings (SSSR count). The largest absolute Gasteiger partial charge is 0.396 e. The van der Waals surface area contributed by atoms with Crippen molar-refractivity contribution in [2.24, 2.45) is 0 Å². The maximum Gasteiger partial charge on any atom is 0.267 e. The van der Waals surface area contributed by atoms with Gasteiger partial charge in [0, 0.05) is 6.20 Å². The summed E-state index contributed by atoms with van der Waals surface area (Å²) in [7, 11) is 0. The number of carbonyl (C=O) groups is 1. The third kappa shape index (κ3) is 2.57. The van der Waals surface area contributed by atoms with Crippen molar-refractivity contribution in [1.82, 2.24) is 4.98 Å². The number of nitrogens with one attached hydrogen (secondary N) is 1. The number of hydrogen-bond donors (Lipinski definition) is 2. The SMILES string of the molecule is Cc1ccc(Cl)c(NC(=O)c2sc3cccnc3c2N)c1. The molecule has 0 saturated heterocycles. The molecule has 0 aliphatic carbocycles. The van der Waals surface area contributed by atoms with Crippen molar-refractivity contribution in [3.05, 3.63) is 52.0 Å². The van der Waals surface area contributed by atoms with Crippen molar-refractivity contribution in [3.8, 4) is 0 Å². The smallest absolute Gasteiger partial charge is 0.267 e. The fourth-order valence-corrected chi connectivity index (χ4v) is 3.17. The van der Waals surface area contributed by atoms with Crippen LogP contribution in [-0.2, 0) is 0 Å². The first-order chi connectivity index (χ1) is 10.1. The molecule has 0 fully saturated rings. The predicted molar refractivity (Wildman–Crippen MR) is 88.2 cm³/mol. The molecular formula is C15H12ClN3OS. The van der Waals surface area contributed by atoms with Crippen LogP contribution in [0.3, 0.4) is 0 Å². The number of aryl methyl sites for hydroxylation is 1. The molecule has 4 nitrogen and oxygen atoms in total. The van der Waals surface area contributed by atoms with Gasteiger partial charge < -0.3 is 11.1 Å². The van der Waals surface area contributed by atoms with Gasteiger partial charge in [-0.05, 0) is 36.8 Å². The standard InChI is InChI=1S/C15H12ClN3OS/c1-8-4-5-9(16)10(7-8)19-15(20)14-12(17)13-11(21-14)3-2-6-18-13/h2-7H,17H2,1H3,(H,19,20). The first kappa shape index (κ1) is 13.9. The second kappa shape index (κ2) is 5.35. The quantitative estimate of drug-likeness (QED) is 0.748. The number of rotatable bonds is 2. The molecule has 106 valence electrons. The van der Waals surface area contributed by atoms with Crippen LogP contribution >= 0.6 is 22.9 Å². The summed E-state index contributed by atoms with van der Waals surface area (Å²) < 4.78 is 0.885. The minimum atomic E-state index is -0.275. The Balaban J connectivity index is 1.97. The molecule has 21 heavy (non-hydrogen) atoms. The Bertz CT molecular complexity index is 844. The summed E-state index contributed by atoms with van der Waals surface area (Å²) in [6, 6.07) is 9.16. The van der Waals surface area contributed by atoms with E-state index in [9.17, 15) is 4.79 Å². The van der Waals surface area contributed by atoms with E-state index < -0.39 is 0 Å². The van der Waals surface area contributed by atoms with Crippen molar-refractivity contribution in [2.75, 3.05) is 11.1 Å². The van der Waals surface area contributed by atoms with Crippen LogP contribution in [0.15, 0.2) is 36.5 Å². The molecule has 6 heteroatoms. The highest BCUT2D eigenvalue weighted by molar-refractivity contribution is 7.21. The second-order valence-corrected chi connectivity index (χ2v) is 6.09. The second-order valence-electron chi connectivity index (χ2n) is 4.63. The number of halogens is 1. The number of nitrogens with two attached hydrogens (primary N) is 1. The van der Waals surface area contributed by atoms with Gasteiger partial charge in [-0.15, -0.1) is 11.3 Å². The van der Waals surface area contributed by atoms with Crippen LogP contribution in [0.4, 0.5) is 11.4 Å². The van der Waals surface area contributed by atoms with Crippen LogP contribution in [0.2, 0.25) is 5.02 Å². The zero-order chi connectivity index (χ0) is 15.0. The van der Waals surface area contributed by atoms with Gasteiger partial charge in [0.15, 0.2) is 0 Å². The number of pyridine rings is 1. The highest BCUT2D eigenvalue weighted by Crippen LogP contribution is 2.33. The van der Waals surface area contributed by atoms with E-state index in [0.29, 0.717) is 26.8 Å². The van der Waals surface area contributed by atoms with Crippen LogP contribution < -0.4 is 11.1 Å². The van der Waals surface area contributed by atoms with E-state index in [0.717, 1.165) is 10.3 Å². The minimum Gasteiger partial charge on any atom is -0.396 e. The molecule has 0 aliphatic heterocycles. The number of aromatic nitrogens is 1. The molecule has 0 atom stereocenters. The van der Waals surface area contributed by atoms with Gasteiger partial charge in [-0.1, -0.05) is 17.7 Å². The molecular weight excluding hydrogens is 306 g/mol. The fourth-order valence-electron chi connectivity index (χ4n) is 2.03. The molecule has 3 N–H and O–H groups in total. The molecule has 0 unspecified atom stereocenters. The Morgan fingerprint density at radius 1 is 1.38 bits per heavy atom. The molecule has 0 spiro atoms. The Labute approximate surface area is 130 Å². The lowest BCUT2D eigenvalue weighted by atomic mass is 10.2. The summed E-state index contributed by atoms with van der Waals surface area (Å²) in [5.41, 5.74) is 8.66. The van der Waals surface area contributed by atoms with E-state index in [1.165, 1.54) is 11.3 Å².